The van der Waals surface area contributed by atoms with Crippen molar-refractivity contribution in [3.8, 4) is 0 Å². The zero-order chi connectivity index (χ0) is 16.7. The molecule has 23 heavy (non-hydrogen) atoms. The summed E-state index contributed by atoms with van der Waals surface area (Å²) in [4.78, 5) is 10.1. The van der Waals surface area contributed by atoms with Crippen LogP contribution in [0.2, 0.25) is 0 Å². The SMILES string of the molecule is CN=C(NCCc1sc(C)nc1C)NCC1(CCO)CCOC1. The van der Waals surface area contributed by atoms with Crippen molar-refractivity contribution in [2.45, 2.75) is 33.1 Å². The Morgan fingerprint density at radius 3 is 2.83 bits per heavy atom. The van der Waals surface area contributed by atoms with Gasteiger partial charge < -0.3 is 20.5 Å². The second kappa shape index (κ2) is 8.61. The number of hydrogen-bond donors (Lipinski definition) is 3. The first-order valence-corrected chi connectivity index (χ1v) is 8.96. The predicted molar refractivity (Wildman–Crippen MR) is 94.2 cm³/mol. The van der Waals surface area contributed by atoms with Crippen molar-refractivity contribution in [2.24, 2.45) is 10.4 Å². The van der Waals surface area contributed by atoms with Crippen molar-refractivity contribution in [3.63, 3.8) is 0 Å². The Balaban J connectivity index is 1.78. The third-order valence-electron chi connectivity index (χ3n) is 4.33. The molecule has 0 bridgehead atoms. The molecule has 0 aromatic carbocycles. The number of ether oxygens (including phenoxy) is 1. The predicted octanol–water partition coefficient (Wildman–Crippen LogP) is 1.26. The lowest BCUT2D eigenvalue weighted by atomic mass is 9.84. The highest BCUT2D eigenvalue weighted by Gasteiger charge is 2.34. The zero-order valence-electron chi connectivity index (χ0n) is 14.3. The number of nitrogens with zero attached hydrogens (tertiary/aromatic N) is 2. The molecule has 6 nitrogen and oxygen atoms in total. The van der Waals surface area contributed by atoms with E-state index in [-0.39, 0.29) is 12.0 Å². The fourth-order valence-electron chi connectivity index (χ4n) is 2.90. The van der Waals surface area contributed by atoms with Crippen molar-refractivity contribution in [2.75, 3.05) is 40.0 Å². The highest BCUT2D eigenvalue weighted by molar-refractivity contribution is 7.11. The van der Waals surface area contributed by atoms with E-state index in [4.69, 9.17) is 4.74 Å². The van der Waals surface area contributed by atoms with Crippen molar-refractivity contribution in [1.82, 2.24) is 15.6 Å². The van der Waals surface area contributed by atoms with E-state index in [2.05, 4.69) is 27.5 Å². The minimum absolute atomic E-state index is 0.0255. The molecule has 0 radical (unpaired) electrons. The van der Waals surface area contributed by atoms with Crippen LogP contribution in [0, 0.1) is 19.3 Å². The number of hydrogen-bond acceptors (Lipinski definition) is 5. The van der Waals surface area contributed by atoms with Gasteiger partial charge in [-0.1, -0.05) is 0 Å². The monoisotopic (exact) mass is 340 g/mol. The van der Waals surface area contributed by atoms with Gasteiger partial charge in [0.05, 0.1) is 17.3 Å². The number of aliphatic imine (C=N–C) groups is 1. The van der Waals surface area contributed by atoms with Gasteiger partial charge in [-0.05, 0) is 26.7 Å². The Labute approximate surface area is 142 Å². The minimum atomic E-state index is 0.0255. The van der Waals surface area contributed by atoms with E-state index < -0.39 is 0 Å². The molecule has 1 unspecified atom stereocenters. The van der Waals surface area contributed by atoms with Crippen LogP contribution in [-0.4, -0.2) is 56.0 Å². The van der Waals surface area contributed by atoms with Gasteiger partial charge in [0, 0.05) is 50.1 Å². The molecule has 0 amide bonds. The van der Waals surface area contributed by atoms with Crippen LogP contribution in [0.25, 0.3) is 0 Å². The smallest absolute Gasteiger partial charge is 0.191 e. The van der Waals surface area contributed by atoms with Crippen molar-refractivity contribution in [1.29, 1.82) is 0 Å². The molecule has 130 valence electrons. The maximum Gasteiger partial charge on any atom is 0.191 e. The van der Waals surface area contributed by atoms with Gasteiger partial charge in [0.25, 0.3) is 0 Å². The van der Waals surface area contributed by atoms with Crippen LogP contribution in [0.4, 0.5) is 0 Å². The highest BCUT2D eigenvalue weighted by atomic mass is 32.1. The molecule has 2 rings (SSSR count). The molecule has 0 spiro atoms. The van der Waals surface area contributed by atoms with E-state index >= 15 is 0 Å². The summed E-state index contributed by atoms with van der Waals surface area (Å²) in [6, 6.07) is 0. The first-order valence-electron chi connectivity index (χ1n) is 8.14. The first kappa shape index (κ1) is 18.2. The maximum atomic E-state index is 9.28. The number of aryl methyl sites for hydroxylation is 2. The van der Waals surface area contributed by atoms with Crippen molar-refractivity contribution >= 4 is 17.3 Å². The number of nitrogens with one attached hydrogen (secondary N) is 2. The number of aromatic nitrogens is 1. The van der Waals surface area contributed by atoms with Crippen LogP contribution in [0.1, 0.15) is 28.4 Å². The van der Waals surface area contributed by atoms with E-state index in [1.54, 1.807) is 18.4 Å². The van der Waals surface area contributed by atoms with Gasteiger partial charge in [-0.25, -0.2) is 4.98 Å². The molecule has 1 saturated heterocycles. The lowest BCUT2D eigenvalue weighted by Crippen LogP contribution is -2.45. The molecule has 1 aromatic heterocycles. The second-order valence-corrected chi connectivity index (χ2v) is 7.41. The molecule has 7 heteroatoms. The molecule has 1 atom stereocenters. The Morgan fingerprint density at radius 2 is 2.26 bits per heavy atom. The van der Waals surface area contributed by atoms with E-state index in [0.29, 0.717) is 6.61 Å². The molecule has 1 fully saturated rings. The van der Waals surface area contributed by atoms with Gasteiger partial charge in [0.15, 0.2) is 5.96 Å². The summed E-state index contributed by atoms with van der Waals surface area (Å²) in [7, 11) is 1.78. The first-order chi connectivity index (χ1) is 11.1. The standard InChI is InChI=1S/C16H28N4O2S/c1-12-14(23-13(2)20-12)4-7-18-15(17-3)19-10-16(5-8-21)6-9-22-11-16/h21H,4-11H2,1-3H3,(H2,17,18,19). The fraction of sp³-hybridized carbons (Fsp3) is 0.750. The summed E-state index contributed by atoms with van der Waals surface area (Å²) in [5.74, 6) is 0.799. The van der Waals surface area contributed by atoms with Gasteiger partial charge in [-0.15, -0.1) is 11.3 Å². The third kappa shape index (κ3) is 5.16. The van der Waals surface area contributed by atoms with Crippen LogP contribution in [0.15, 0.2) is 4.99 Å². The van der Waals surface area contributed by atoms with Crippen LogP contribution < -0.4 is 10.6 Å². The molecular weight excluding hydrogens is 312 g/mol. The fourth-order valence-corrected chi connectivity index (χ4v) is 3.84. The lowest BCUT2D eigenvalue weighted by molar-refractivity contribution is 0.127. The largest absolute Gasteiger partial charge is 0.396 e. The van der Waals surface area contributed by atoms with E-state index in [9.17, 15) is 5.11 Å². The average Bonchev–Trinajstić information content (AvgIpc) is 3.10. The molecule has 1 aliphatic heterocycles. The number of rotatable bonds is 7. The maximum absolute atomic E-state index is 9.28. The molecule has 3 N–H and O–H groups in total. The quantitative estimate of drug-likeness (QED) is 0.514. The van der Waals surface area contributed by atoms with Crippen molar-refractivity contribution < 1.29 is 9.84 Å². The summed E-state index contributed by atoms with van der Waals surface area (Å²) in [5, 5.41) is 17.1. The Morgan fingerprint density at radius 1 is 1.43 bits per heavy atom. The van der Waals surface area contributed by atoms with E-state index in [0.717, 1.165) is 55.6 Å². The van der Waals surface area contributed by atoms with Crippen LogP contribution >= 0.6 is 11.3 Å². The molecule has 0 saturated carbocycles. The van der Waals surface area contributed by atoms with Gasteiger partial charge in [-0.3, -0.25) is 4.99 Å². The highest BCUT2D eigenvalue weighted by Crippen LogP contribution is 2.31. The molecule has 2 heterocycles. The number of thiazole rings is 1. The second-order valence-electron chi connectivity index (χ2n) is 6.12. The van der Waals surface area contributed by atoms with Crippen LogP contribution in [-0.2, 0) is 11.2 Å². The van der Waals surface area contributed by atoms with Gasteiger partial charge in [0.2, 0.25) is 0 Å². The topological polar surface area (TPSA) is 78.8 Å². The number of aliphatic hydroxyl groups is 1. The van der Waals surface area contributed by atoms with E-state index in [1.807, 2.05) is 6.92 Å². The molecule has 0 aliphatic carbocycles. The summed E-state index contributed by atoms with van der Waals surface area (Å²) in [6.07, 6.45) is 2.69. The lowest BCUT2D eigenvalue weighted by Gasteiger charge is -2.27. The summed E-state index contributed by atoms with van der Waals surface area (Å²) in [5.41, 5.74) is 1.15. The normalized spacial score (nSPS) is 21.7. The average molecular weight is 340 g/mol. The Bertz CT molecular complexity index is 524. The van der Waals surface area contributed by atoms with Gasteiger partial charge in [0.1, 0.15) is 0 Å². The van der Waals surface area contributed by atoms with Gasteiger partial charge in [-0.2, -0.15) is 0 Å². The molecule has 1 aromatic rings. The summed E-state index contributed by atoms with van der Waals surface area (Å²) in [6.45, 7) is 7.37. The van der Waals surface area contributed by atoms with Gasteiger partial charge >= 0.3 is 0 Å². The third-order valence-corrected chi connectivity index (χ3v) is 5.46. The Hall–Kier alpha value is -1.18. The molecule has 1 aliphatic rings. The Kier molecular flexibility index (Phi) is 6.80. The number of aliphatic hydroxyl groups excluding tert-OH is 1. The zero-order valence-corrected chi connectivity index (χ0v) is 15.1. The minimum Gasteiger partial charge on any atom is -0.396 e. The summed E-state index contributed by atoms with van der Waals surface area (Å²) >= 11 is 1.76. The number of guanidine groups is 1. The molecular formula is C16H28N4O2S. The van der Waals surface area contributed by atoms with Crippen molar-refractivity contribution in [3.05, 3.63) is 15.6 Å². The van der Waals surface area contributed by atoms with Crippen LogP contribution in [0.5, 0.6) is 0 Å². The van der Waals surface area contributed by atoms with Crippen LogP contribution in [0.3, 0.4) is 0 Å². The van der Waals surface area contributed by atoms with E-state index in [1.165, 1.54) is 4.88 Å². The summed E-state index contributed by atoms with van der Waals surface area (Å²) < 4.78 is 5.52.